The molecule has 3 rings (SSSR count). The number of likely N-dealkylation sites (tertiary alicyclic amines) is 1. The third-order valence-electron chi connectivity index (χ3n) is 4.96. The van der Waals surface area contributed by atoms with Gasteiger partial charge in [-0.25, -0.2) is 8.42 Å². The minimum Gasteiger partial charge on any atom is -0.479 e. The lowest BCUT2D eigenvalue weighted by Gasteiger charge is -2.29. The fourth-order valence-electron chi connectivity index (χ4n) is 3.31. The molecule has 0 aromatic heterocycles. The number of ether oxygens (including phenoxy) is 1. The number of sulfonamides is 1. The summed E-state index contributed by atoms with van der Waals surface area (Å²) in [5.41, 5.74) is 0.922. The number of rotatable bonds is 4. The summed E-state index contributed by atoms with van der Waals surface area (Å²) in [6.07, 6.45) is 2.30. The Morgan fingerprint density at radius 2 is 1.96 bits per heavy atom. The van der Waals surface area contributed by atoms with E-state index in [1.807, 2.05) is 0 Å². The van der Waals surface area contributed by atoms with Crippen LogP contribution in [0.2, 0.25) is 0 Å². The van der Waals surface area contributed by atoms with Gasteiger partial charge in [0.2, 0.25) is 15.9 Å². The first kappa shape index (κ1) is 19.6. The number of hydrogen-bond acceptors (Lipinski definition) is 5. The molecule has 0 radical (unpaired) electrons. The molecule has 0 unspecified atom stereocenters. The van der Waals surface area contributed by atoms with E-state index in [4.69, 9.17) is 4.74 Å². The quantitative estimate of drug-likeness (QED) is 0.830. The number of nitrogens with zero attached hydrogens (tertiary/aromatic N) is 2. The van der Waals surface area contributed by atoms with Crippen LogP contribution < -0.4 is 10.1 Å². The summed E-state index contributed by atoms with van der Waals surface area (Å²) >= 11 is 0. The molecular weight excluding hydrogens is 370 g/mol. The monoisotopic (exact) mass is 395 g/mol. The average molecular weight is 395 g/mol. The first-order valence-corrected chi connectivity index (χ1v) is 10.5. The van der Waals surface area contributed by atoms with Gasteiger partial charge in [0.15, 0.2) is 6.10 Å². The van der Waals surface area contributed by atoms with Gasteiger partial charge in [0.1, 0.15) is 5.75 Å². The van der Waals surface area contributed by atoms with E-state index in [2.05, 4.69) is 5.32 Å². The van der Waals surface area contributed by atoms with E-state index < -0.39 is 16.1 Å². The second-order valence-electron chi connectivity index (χ2n) is 7.07. The van der Waals surface area contributed by atoms with Crippen molar-refractivity contribution in [2.75, 3.05) is 32.0 Å². The first-order chi connectivity index (χ1) is 12.7. The first-order valence-electron chi connectivity index (χ1n) is 9.06. The number of likely N-dealkylation sites (N-methyl/N-ethyl adjacent to an activating group) is 1. The Balaban J connectivity index is 1.82. The zero-order chi connectivity index (χ0) is 19.8. The van der Waals surface area contributed by atoms with Crippen LogP contribution in [0.15, 0.2) is 17.0 Å². The van der Waals surface area contributed by atoms with Crippen molar-refractivity contribution in [3.8, 4) is 5.75 Å². The van der Waals surface area contributed by atoms with Crippen molar-refractivity contribution in [3.05, 3.63) is 17.7 Å². The predicted molar refractivity (Wildman–Crippen MR) is 100 cm³/mol. The number of piperidine rings is 1. The minimum atomic E-state index is -3.87. The summed E-state index contributed by atoms with van der Waals surface area (Å²) in [6.45, 7) is 4.40. The summed E-state index contributed by atoms with van der Waals surface area (Å²) in [7, 11) is -2.47. The molecule has 0 aliphatic carbocycles. The summed E-state index contributed by atoms with van der Waals surface area (Å²) in [5, 5.41) is 2.70. The number of carbonyl (C=O) groups excluding carboxylic acids is 2. The van der Waals surface area contributed by atoms with E-state index in [0.717, 1.165) is 23.6 Å². The lowest BCUT2D eigenvalue weighted by Crippen LogP contribution is -2.43. The van der Waals surface area contributed by atoms with Crippen LogP contribution >= 0.6 is 0 Å². The van der Waals surface area contributed by atoms with Crippen LogP contribution in [-0.2, 0) is 19.6 Å². The molecule has 2 amide bonds. The number of fused-ring (bicyclic) bond motifs is 1. The third kappa shape index (κ3) is 3.93. The van der Waals surface area contributed by atoms with E-state index in [-0.39, 0.29) is 23.3 Å². The van der Waals surface area contributed by atoms with Gasteiger partial charge in [-0.3, -0.25) is 9.59 Å². The van der Waals surface area contributed by atoms with Crippen LogP contribution in [0.3, 0.4) is 0 Å². The number of nitrogens with one attached hydrogen (secondary N) is 1. The highest BCUT2D eigenvalue weighted by Gasteiger charge is 2.31. The van der Waals surface area contributed by atoms with E-state index in [0.29, 0.717) is 30.1 Å². The maximum absolute atomic E-state index is 13.0. The van der Waals surface area contributed by atoms with Crippen LogP contribution in [0.25, 0.3) is 0 Å². The van der Waals surface area contributed by atoms with Crippen LogP contribution in [0.1, 0.15) is 31.7 Å². The summed E-state index contributed by atoms with van der Waals surface area (Å²) < 4.78 is 32.6. The van der Waals surface area contributed by atoms with Crippen molar-refractivity contribution in [2.24, 2.45) is 0 Å². The predicted octanol–water partition coefficient (Wildman–Crippen LogP) is 1.35. The van der Waals surface area contributed by atoms with E-state index in [1.165, 1.54) is 13.1 Å². The van der Waals surface area contributed by atoms with E-state index in [1.54, 1.807) is 24.8 Å². The number of benzene rings is 1. The molecule has 148 valence electrons. The number of aryl methyl sites for hydroxylation is 1. The van der Waals surface area contributed by atoms with Crippen molar-refractivity contribution in [3.63, 3.8) is 0 Å². The van der Waals surface area contributed by atoms with Crippen molar-refractivity contribution in [1.82, 2.24) is 9.21 Å². The highest BCUT2D eigenvalue weighted by molar-refractivity contribution is 7.89. The van der Waals surface area contributed by atoms with Gasteiger partial charge in [0, 0.05) is 26.2 Å². The molecule has 8 nitrogen and oxygen atoms in total. The van der Waals surface area contributed by atoms with Gasteiger partial charge >= 0.3 is 0 Å². The molecular formula is C18H25N3O5S. The second kappa shape index (κ2) is 7.47. The standard InChI is InChI=1S/C18H25N3O5S/c1-12-9-14-15(26-13(2)18(23)19-14)10-16(12)27(24,25)20(3)11-17(22)21-7-5-4-6-8-21/h9-10,13H,4-8,11H2,1-3H3,(H,19,23)/t13-/m0/s1. The molecule has 0 spiro atoms. The Hall–Kier alpha value is -2.13. The highest BCUT2D eigenvalue weighted by atomic mass is 32.2. The fourth-order valence-corrected chi connectivity index (χ4v) is 4.65. The maximum Gasteiger partial charge on any atom is 0.265 e. The third-order valence-corrected chi connectivity index (χ3v) is 6.91. The molecule has 2 heterocycles. The summed E-state index contributed by atoms with van der Waals surface area (Å²) in [6, 6.07) is 2.99. The van der Waals surface area contributed by atoms with Gasteiger partial charge in [-0.05, 0) is 44.7 Å². The van der Waals surface area contributed by atoms with Crippen LogP contribution in [-0.4, -0.2) is 62.2 Å². The van der Waals surface area contributed by atoms with Crippen LogP contribution in [0.4, 0.5) is 5.69 Å². The van der Waals surface area contributed by atoms with Crippen molar-refractivity contribution in [1.29, 1.82) is 0 Å². The SMILES string of the molecule is Cc1cc2c(cc1S(=O)(=O)N(C)CC(=O)N1CCCCC1)O[C@@H](C)C(=O)N2. The Kier molecular flexibility index (Phi) is 5.43. The molecule has 1 atom stereocenters. The molecule has 0 bridgehead atoms. The van der Waals surface area contributed by atoms with Gasteiger partial charge < -0.3 is 15.0 Å². The molecule has 1 fully saturated rings. The van der Waals surface area contributed by atoms with Crippen molar-refractivity contribution in [2.45, 2.75) is 44.1 Å². The van der Waals surface area contributed by atoms with E-state index in [9.17, 15) is 18.0 Å². The Labute approximate surface area is 159 Å². The zero-order valence-electron chi connectivity index (χ0n) is 15.8. The molecule has 1 N–H and O–H groups in total. The van der Waals surface area contributed by atoms with Crippen LogP contribution in [0.5, 0.6) is 5.75 Å². The number of hydrogen-bond donors (Lipinski definition) is 1. The van der Waals surface area contributed by atoms with Gasteiger partial charge in [-0.2, -0.15) is 4.31 Å². The molecule has 1 saturated heterocycles. The Morgan fingerprint density at radius 1 is 1.30 bits per heavy atom. The smallest absolute Gasteiger partial charge is 0.265 e. The van der Waals surface area contributed by atoms with Crippen molar-refractivity contribution >= 4 is 27.5 Å². The number of carbonyl (C=O) groups is 2. The zero-order valence-corrected chi connectivity index (χ0v) is 16.6. The lowest BCUT2D eigenvalue weighted by molar-refractivity contribution is -0.132. The fraction of sp³-hybridized carbons (Fsp3) is 0.556. The van der Waals surface area contributed by atoms with Gasteiger partial charge in [0.05, 0.1) is 17.1 Å². The van der Waals surface area contributed by atoms with E-state index >= 15 is 0 Å². The summed E-state index contributed by atoms with van der Waals surface area (Å²) in [4.78, 5) is 25.9. The summed E-state index contributed by atoms with van der Waals surface area (Å²) in [5.74, 6) is -0.155. The van der Waals surface area contributed by atoms with Gasteiger partial charge in [0.25, 0.3) is 5.91 Å². The number of anilines is 1. The van der Waals surface area contributed by atoms with Gasteiger partial charge in [-0.15, -0.1) is 0 Å². The average Bonchev–Trinajstić information content (AvgIpc) is 2.63. The highest BCUT2D eigenvalue weighted by Crippen LogP contribution is 2.35. The normalized spacial score (nSPS) is 20.1. The van der Waals surface area contributed by atoms with Crippen molar-refractivity contribution < 1.29 is 22.7 Å². The molecule has 1 aromatic carbocycles. The maximum atomic E-state index is 13.0. The van der Waals surface area contributed by atoms with Gasteiger partial charge in [-0.1, -0.05) is 0 Å². The number of amides is 2. The molecule has 27 heavy (non-hydrogen) atoms. The molecule has 1 aromatic rings. The molecule has 0 saturated carbocycles. The molecule has 2 aliphatic heterocycles. The minimum absolute atomic E-state index is 0.0681. The Morgan fingerprint density at radius 3 is 2.63 bits per heavy atom. The lowest BCUT2D eigenvalue weighted by atomic mass is 10.1. The molecule has 9 heteroatoms. The molecule has 2 aliphatic rings. The largest absolute Gasteiger partial charge is 0.479 e. The van der Waals surface area contributed by atoms with Crippen LogP contribution in [0, 0.1) is 6.92 Å². The topological polar surface area (TPSA) is 96.0 Å². The Bertz CT molecular complexity index is 862. The second-order valence-corrected chi connectivity index (χ2v) is 9.08.